The Morgan fingerprint density at radius 3 is 2.76 bits per heavy atom. The van der Waals surface area contributed by atoms with Crippen LogP contribution in [0.25, 0.3) is 0 Å². The van der Waals surface area contributed by atoms with Crippen LogP contribution in [-0.2, 0) is 11.3 Å². The molecule has 0 aliphatic heterocycles. The molecule has 0 saturated heterocycles. The molecule has 1 aromatic heterocycles. The number of nitrogens with zero attached hydrogens (tertiary/aromatic N) is 1. The number of amides is 1. The number of aromatic nitrogens is 1. The molecule has 1 aliphatic rings. The van der Waals surface area contributed by atoms with E-state index in [0.29, 0.717) is 6.42 Å². The lowest BCUT2D eigenvalue weighted by Crippen LogP contribution is -2.39. The number of aryl methyl sites for hydroxylation is 1. The fourth-order valence-electron chi connectivity index (χ4n) is 2.33. The van der Waals surface area contributed by atoms with Crippen molar-refractivity contribution < 1.29 is 9.90 Å². The summed E-state index contributed by atoms with van der Waals surface area (Å²) in [6, 6.07) is 3.94. The SMILES string of the molecule is O=C(CCCn1cccc1)N[C@H]1CCC[C@H]1O. The zero-order chi connectivity index (χ0) is 12.1. The van der Waals surface area contributed by atoms with Gasteiger partial charge in [-0.25, -0.2) is 0 Å². The second-order valence-corrected chi connectivity index (χ2v) is 4.70. The molecular weight excluding hydrogens is 216 g/mol. The summed E-state index contributed by atoms with van der Waals surface area (Å²) in [4.78, 5) is 11.6. The number of rotatable bonds is 5. The van der Waals surface area contributed by atoms with Crippen LogP contribution in [0.3, 0.4) is 0 Å². The maximum Gasteiger partial charge on any atom is 0.220 e. The summed E-state index contributed by atoms with van der Waals surface area (Å²) in [6.07, 6.45) is 7.75. The molecule has 94 valence electrons. The number of aliphatic hydroxyl groups excluding tert-OH is 1. The number of nitrogens with one attached hydrogen (secondary N) is 1. The van der Waals surface area contributed by atoms with Crippen molar-refractivity contribution in [3.63, 3.8) is 0 Å². The topological polar surface area (TPSA) is 54.3 Å². The molecule has 0 radical (unpaired) electrons. The molecule has 4 heteroatoms. The Balaban J connectivity index is 1.64. The second-order valence-electron chi connectivity index (χ2n) is 4.70. The van der Waals surface area contributed by atoms with Crippen LogP contribution in [-0.4, -0.2) is 27.7 Å². The summed E-state index contributed by atoms with van der Waals surface area (Å²) in [6.45, 7) is 0.869. The van der Waals surface area contributed by atoms with E-state index in [2.05, 4.69) is 9.88 Å². The van der Waals surface area contributed by atoms with Gasteiger partial charge in [0.25, 0.3) is 0 Å². The highest BCUT2D eigenvalue weighted by molar-refractivity contribution is 5.76. The van der Waals surface area contributed by atoms with Crippen molar-refractivity contribution in [2.75, 3.05) is 0 Å². The van der Waals surface area contributed by atoms with Crippen LogP contribution in [0.1, 0.15) is 32.1 Å². The van der Waals surface area contributed by atoms with Crippen LogP contribution in [0.15, 0.2) is 24.5 Å². The Labute approximate surface area is 102 Å². The lowest BCUT2D eigenvalue weighted by Gasteiger charge is -2.16. The molecule has 2 N–H and O–H groups in total. The summed E-state index contributed by atoms with van der Waals surface area (Å²) in [7, 11) is 0. The molecule has 2 rings (SSSR count). The molecular formula is C13H20N2O2. The Kier molecular flexibility index (Phi) is 4.20. The van der Waals surface area contributed by atoms with Crippen molar-refractivity contribution >= 4 is 5.91 Å². The largest absolute Gasteiger partial charge is 0.391 e. The maximum absolute atomic E-state index is 11.6. The molecule has 2 atom stereocenters. The van der Waals surface area contributed by atoms with Crippen LogP contribution in [0.4, 0.5) is 0 Å². The van der Waals surface area contributed by atoms with E-state index >= 15 is 0 Å². The van der Waals surface area contributed by atoms with E-state index in [1.54, 1.807) is 0 Å². The van der Waals surface area contributed by atoms with Crippen molar-refractivity contribution in [3.8, 4) is 0 Å². The summed E-state index contributed by atoms with van der Waals surface area (Å²) >= 11 is 0. The van der Waals surface area contributed by atoms with Crippen molar-refractivity contribution in [2.45, 2.75) is 50.8 Å². The van der Waals surface area contributed by atoms with Crippen molar-refractivity contribution in [2.24, 2.45) is 0 Å². The summed E-state index contributed by atoms with van der Waals surface area (Å²) < 4.78 is 2.07. The van der Waals surface area contributed by atoms with Gasteiger partial charge in [-0.15, -0.1) is 0 Å². The average Bonchev–Trinajstić information content (AvgIpc) is 2.92. The quantitative estimate of drug-likeness (QED) is 0.809. The lowest BCUT2D eigenvalue weighted by molar-refractivity contribution is -0.122. The fraction of sp³-hybridized carbons (Fsp3) is 0.615. The predicted octanol–water partition coefficient (Wildman–Crippen LogP) is 1.30. The van der Waals surface area contributed by atoms with Gasteiger partial charge in [0.1, 0.15) is 0 Å². The minimum atomic E-state index is -0.344. The first kappa shape index (κ1) is 12.2. The molecule has 1 amide bonds. The Morgan fingerprint density at radius 1 is 1.35 bits per heavy atom. The van der Waals surface area contributed by atoms with Gasteiger partial charge in [-0.05, 0) is 37.8 Å². The van der Waals surface area contributed by atoms with Gasteiger partial charge in [0.05, 0.1) is 12.1 Å². The van der Waals surface area contributed by atoms with Crippen molar-refractivity contribution in [3.05, 3.63) is 24.5 Å². The van der Waals surface area contributed by atoms with Gasteiger partial charge in [0, 0.05) is 25.4 Å². The Morgan fingerprint density at radius 2 is 2.12 bits per heavy atom. The predicted molar refractivity (Wildman–Crippen MR) is 65.5 cm³/mol. The minimum Gasteiger partial charge on any atom is -0.391 e. The molecule has 4 nitrogen and oxygen atoms in total. The average molecular weight is 236 g/mol. The van der Waals surface area contributed by atoms with Gasteiger partial charge in [-0.2, -0.15) is 0 Å². The molecule has 1 saturated carbocycles. The van der Waals surface area contributed by atoms with Gasteiger partial charge in [-0.3, -0.25) is 4.79 Å². The first-order valence-corrected chi connectivity index (χ1v) is 6.34. The molecule has 0 bridgehead atoms. The third-order valence-corrected chi connectivity index (χ3v) is 3.31. The Bertz CT molecular complexity index is 348. The highest BCUT2D eigenvalue weighted by atomic mass is 16.3. The highest BCUT2D eigenvalue weighted by Gasteiger charge is 2.26. The molecule has 0 aromatic carbocycles. The van der Waals surface area contributed by atoms with Crippen LogP contribution >= 0.6 is 0 Å². The number of carbonyl (C=O) groups excluding carboxylic acids is 1. The summed E-state index contributed by atoms with van der Waals surface area (Å²) in [5, 5.41) is 12.5. The van der Waals surface area contributed by atoms with E-state index in [9.17, 15) is 9.90 Å². The zero-order valence-corrected chi connectivity index (χ0v) is 10.0. The first-order valence-electron chi connectivity index (χ1n) is 6.34. The third kappa shape index (κ3) is 3.60. The van der Waals surface area contributed by atoms with E-state index in [0.717, 1.165) is 32.2 Å². The Hall–Kier alpha value is -1.29. The number of hydrogen-bond donors (Lipinski definition) is 2. The normalized spacial score (nSPS) is 23.8. The number of hydrogen-bond acceptors (Lipinski definition) is 2. The standard InChI is InChI=1S/C13H20N2O2/c16-12-6-3-5-11(12)14-13(17)7-4-10-15-8-1-2-9-15/h1-2,8-9,11-12,16H,3-7,10H2,(H,14,17)/t11-,12+/m0/s1. The van der Waals surface area contributed by atoms with Crippen molar-refractivity contribution in [1.29, 1.82) is 0 Å². The van der Waals surface area contributed by atoms with Crippen LogP contribution in [0.2, 0.25) is 0 Å². The fourth-order valence-corrected chi connectivity index (χ4v) is 2.33. The van der Waals surface area contributed by atoms with E-state index in [1.165, 1.54) is 0 Å². The van der Waals surface area contributed by atoms with Gasteiger partial charge in [0.15, 0.2) is 0 Å². The van der Waals surface area contributed by atoms with E-state index in [-0.39, 0.29) is 18.1 Å². The smallest absolute Gasteiger partial charge is 0.220 e. The number of aliphatic hydroxyl groups is 1. The summed E-state index contributed by atoms with van der Waals surface area (Å²) in [5.74, 6) is 0.0584. The minimum absolute atomic E-state index is 0.0194. The molecule has 0 spiro atoms. The molecule has 17 heavy (non-hydrogen) atoms. The van der Waals surface area contributed by atoms with Crippen molar-refractivity contribution in [1.82, 2.24) is 9.88 Å². The third-order valence-electron chi connectivity index (χ3n) is 3.31. The highest BCUT2D eigenvalue weighted by Crippen LogP contribution is 2.18. The van der Waals surface area contributed by atoms with Crippen LogP contribution in [0, 0.1) is 0 Å². The second kappa shape index (κ2) is 5.87. The van der Waals surface area contributed by atoms with Gasteiger partial charge in [0.2, 0.25) is 5.91 Å². The van der Waals surface area contributed by atoms with Gasteiger partial charge in [-0.1, -0.05) is 0 Å². The first-order chi connectivity index (χ1) is 8.25. The van der Waals surface area contributed by atoms with E-state index in [1.807, 2.05) is 24.5 Å². The number of carbonyl (C=O) groups is 1. The molecule has 1 fully saturated rings. The molecule has 1 aliphatic carbocycles. The monoisotopic (exact) mass is 236 g/mol. The van der Waals surface area contributed by atoms with Crippen LogP contribution < -0.4 is 5.32 Å². The molecule has 0 unspecified atom stereocenters. The zero-order valence-electron chi connectivity index (χ0n) is 10.0. The van der Waals surface area contributed by atoms with E-state index < -0.39 is 0 Å². The molecule has 1 aromatic rings. The van der Waals surface area contributed by atoms with Crippen LogP contribution in [0.5, 0.6) is 0 Å². The maximum atomic E-state index is 11.6. The van der Waals surface area contributed by atoms with Gasteiger partial charge < -0.3 is 15.0 Å². The van der Waals surface area contributed by atoms with E-state index in [4.69, 9.17) is 0 Å². The van der Waals surface area contributed by atoms with Gasteiger partial charge >= 0.3 is 0 Å². The lowest BCUT2D eigenvalue weighted by atomic mass is 10.2. The summed E-state index contributed by atoms with van der Waals surface area (Å²) in [5.41, 5.74) is 0. The molecule has 1 heterocycles.